The molecule has 1 atom stereocenters. The highest BCUT2D eigenvalue weighted by Gasteiger charge is 2.28. The van der Waals surface area contributed by atoms with Crippen molar-refractivity contribution in [2.24, 2.45) is 5.92 Å². The third-order valence-electron chi connectivity index (χ3n) is 3.55. The molecule has 1 aliphatic rings. The van der Waals surface area contributed by atoms with Crippen LogP contribution in [0.3, 0.4) is 0 Å². The van der Waals surface area contributed by atoms with Crippen molar-refractivity contribution in [2.75, 3.05) is 18.4 Å². The van der Waals surface area contributed by atoms with E-state index in [4.69, 9.17) is 5.11 Å². The maximum absolute atomic E-state index is 13.7. The molecule has 0 radical (unpaired) electrons. The first kappa shape index (κ1) is 15.2. The lowest BCUT2D eigenvalue weighted by atomic mass is 9.99. The van der Waals surface area contributed by atoms with Gasteiger partial charge in [0.15, 0.2) is 0 Å². The second-order valence-electron chi connectivity index (χ2n) is 5.13. The monoisotopic (exact) mass is 298 g/mol. The Bertz CT molecular complexity index is 578. The van der Waals surface area contributed by atoms with Gasteiger partial charge in [-0.3, -0.25) is 4.79 Å². The van der Waals surface area contributed by atoms with E-state index in [2.05, 4.69) is 5.32 Å². The van der Waals surface area contributed by atoms with Crippen molar-refractivity contribution in [1.82, 2.24) is 4.90 Å². The van der Waals surface area contributed by atoms with Crippen molar-refractivity contribution < 1.29 is 23.5 Å². The van der Waals surface area contributed by atoms with Gasteiger partial charge in [-0.05, 0) is 31.4 Å². The number of anilines is 1. The smallest absolute Gasteiger partial charge is 0.321 e. The second-order valence-corrected chi connectivity index (χ2v) is 5.13. The quantitative estimate of drug-likeness (QED) is 0.881. The third kappa shape index (κ3) is 3.48. The normalized spacial score (nSPS) is 18.4. The Morgan fingerprint density at radius 1 is 1.33 bits per heavy atom. The van der Waals surface area contributed by atoms with Crippen LogP contribution in [0.2, 0.25) is 0 Å². The summed E-state index contributed by atoms with van der Waals surface area (Å²) in [4.78, 5) is 24.3. The van der Waals surface area contributed by atoms with Gasteiger partial charge >= 0.3 is 12.0 Å². The highest BCUT2D eigenvalue weighted by molar-refractivity contribution is 5.90. The zero-order valence-electron chi connectivity index (χ0n) is 11.5. The highest BCUT2D eigenvalue weighted by atomic mass is 19.1. The lowest BCUT2D eigenvalue weighted by molar-refractivity contribution is -0.143. The first-order chi connectivity index (χ1) is 9.88. The fourth-order valence-electron chi connectivity index (χ4n) is 2.30. The van der Waals surface area contributed by atoms with Crippen molar-refractivity contribution in [2.45, 2.75) is 19.8 Å². The average molecular weight is 298 g/mol. The number of amides is 2. The molecule has 1 aromatic carbocycles. The van der Waals surface area contributed by atoms with Crippen LogP contribution in [0, 0.1) is 24.5 Å². The molecule has 0 aromatic heterocycles. The minimum Gasteiger partial charge on any atom is -0.481 e. The van der Waals surface area contributed by atoms with E-state index in [1.807, 2.05) is 0 Å². The molecule has 1 aromatic rings. The molecule has 0 unspecified atom stereocenters. The molecule has 21 heavy (non-hydrogen) atoms. The van der Waals surface area contributed by atoms with Crippen LogP contribution in [-0.2, 0) is 4.79 Å². The van der Waals surface area contributed by atoms with Gasteiger partial charge in [0.25, 0.3) is 0 Å². The number of benzene rings is 1. The summed E-state index contributed by atoms with van der Waals surface area (Å²) in [6.45, 7) is 1.88. The number of aryl methyl sites for hydroxylation is 1. The van der Waals surface area contributed by atoms with Crippen LogP contribution < -0.4 is 5.32 Å². The summed E-state index contributed by atoms with van der Waals surface area (Å²) in [6.07, 6.45) is 1.07. The molecule has 7 heteroatoms. The fourth-order valence-corrected chi connectivity index (χ4v) is 2.30. The van der Waals surface area contributed by atoms with Crippen LogP contribution in [0.15, 0.2) is 12.1 Å². The molecule has 1 aliphatic heterocycles. The maximum Gasteiger partial charge on any atom is 0.321 e. The number of hydrogen-bond donors (Lipinski definition) is 2. The number of hydrogen-bond acceptors (Lipinski definition) is 2. The van der Waals surface area contributed by atoms with E-state index < -0.39 is 29.6 Å². The molecular formula is C14H16F2N2O3. The molecule has 0 spiro atoms. The van der Waals surface area contributed by atoms with Gasteiger partial charge in [-0.2, -0.15) is 0 Å². The van der Waals surface area contributed by atoms with Gasteiger partial charge in [-0.1, -0.05) is 0 Å². The van der Waals surface area contributed by atoms with Crippen molar-refractivity contribution in [3.63, 3.8) is 0 Å². The first-order valence-corrected chi connectivity index (χ1v) is 6.63. The van der Waals surface area contributed by atoms with Gasteiger partial charge in [0.1, 0.15) is 11.6 Å². The Labute approximate surface area is 120 Å². The van der Waals surface area contributed by atoms with E-state index in [0.717, 1.165) is 12.1 Å². The zero-order chi connectivity index (χ0) is 15.6. The molecule has 0 bridgehead atoms. The molecule has 1 heterocycles. The fraction of sp³-hybridized carbons (Fsp3) is 0.429. The van der Waals surface area contributed by atoms with Gasteiger partial charge in [0, 0.05) is 19.2 Å². The van der Waals surface area contributed by atoms with Crippen molar-refractivity contribution in [1.29, 1.82) is 0 Å². The number of nitrogens with zero attached hydrogens (tertiary/aromatic N) is 1. The van der Waals surface area contributed by atoms with E-state index in [0.29, 0.717) is 19.4 Å². The van der Waals surface area contributed by atoms with Gasteiger partial charge < -0.3 is 15.3 Å². The summed E-state index contributed by atoms with van der Waals surface area (Å²) >= 11 is 0. The molecule has 0 aliphatic carbocycles. The number of rotatable bonds is 2. The molecule has 5 nitrogen and oxygen atoms in total. The Kier molecular flexibility index (Phi) is 4.40. The molecule has 2 amide bonds. The summed E-state index contributed by atoms with van der Waals surface area (Å²) in [5, 5.41) is 11.3. The molecule has 0 saturated carbocycles. The van der Waals surface area contributed by atoms with E-state index >= 15 is 0 Å². The number of urea groups is 1. The minimum atomic E-state index is -0.958. The predicted molar refractivity (Wildman–Crippen MR) is 72.0 cm³/mol. The van der Waals surface area contributed by atoms with Crippen LogP contribution in [0.4, 0.5) is 19.3 Å². The highest BCUT2D eigenvalue weighted by Crippen LogP contribution is 2.21. The molecule has 2 rings (SSSR count). The summed E-state index contributed by atoms with van der Waals surface area (Å²) in [6, 6.07) is 1.30. The van der Waals surface area contributed by atoms with Crippen molar-refractivity contribution in [3.8, 4) is 0 Å². The number of likely N-dealkylation sites (tertiary alicyclic amines) is 1. The van der Waals surface area contributed by atoms with Crippen LogP contribution in [0.1, 0.15) is 18.4 Å². The molecule has 114 valence electrons. The van der Waals surface area contributed by atoms with E-state index in [-0.39, 0.29) is 17.8 Å². The molecule has 1 saturated heterocycles. The number of carboxylic acid groups (broad SMARTS) is 1. The predicted octanol–water partition coefficient (Wildman–Crippen LogP) is 2.60. The summed E-state index contributed by atoms with van der Waals surface area (Å²) in [7, 11) is 0. The minimum absolute atomic E-state index is 0.0666. The first-order valence-electron chi connectivity index (χ1n) is 6.63. The van der Waals surface area contributed by atoms with Crippen LogP contribution >= 0.6 is 0 Å². The molecule has 1 fully saturated rings. The average Bonchev–Trinajstić information content (AvgIpc) is 2.44. The third-order valence-corrected chi connectivity index (χ3v) is 3.55. The Morgan fingerprint density at radius 3 is 2.71 bits per heavy atom. The number of aliphatic carboxylic acids is 1. The summed E-state index contributed by atoms with van der Waals surface area (Å²) < 4.78 is 27.1. The number of piperidine rings is 1. The summed E-state index contributed by atoms with van der Waals surface area (Å²) in [5.74, 6) is -2.92. The lowest BCUT2D eigenvalue weighted by Crippen LogP contribution is -2.44. The number of halogens is 2. The largest absolute Gasteiger partial charge is 0.481 e. The molecule has 2 N–H and O–H groups in total. The Hall–Kier alpha value is -2.18. The number of nitrogens with one attached hydrogen (secondary N) is 1. The van der Waals surface area contributed by atoms with Gasteiger partial charge in [0.2, 0.25) is 0 Å². The Balaban J connectivity index is 2.07. The van der Waals surface area contributed by atoms with Crippen molar-refractivity contribution >= 4 is 17.7 Å². The van der Waals surface area contributed by atoms with Gasteiger partial charge in [-0.15, -0.1) is 0 Å². The van der Waals surface area contributed by atoms with Gasteiger partial charge in [0.05, 0.1) is 11.6 Å². The van der Waals surface area contributed by atoms with E-state index in [9.17, 15) is 18.4 Å². The SMILES string of the molecule is Cc1cc(F)c(NC(=O)N2CCC[C@H](C(=O)O)C2)cc1F. The summed E-state index contributed by atoms with van der Waals surface area (Å²) in [5.41, 5.74) is -0.102. The maximum atomic E-state index is 13.7. The van der Waals surface area contributed by atoms with Crippen molar-refractivity contribution in [3.05, 3.63) is 29.3 Å². The number of carboxylic acids is 1. The van der Waals surface area contributed by atoms with E-state index in [1.54, 1.807) is 0 Å². The number of carbonyl (C=O) groups is 2. The van der Waals surface area contributed by atoms with Crippen LogP contribution in [0.25, 0.3) is 0 Å². The van der Waals surface area contributed by atoms with Crippen LogP contribution in [-0.4, -0.2) is 35.1 Å². The standard InChI is InChI=1S/C14H16F2N2O3/c1-8-5-11(16)12(6-10(8)15)17-14(21)18-4-2-3-9(7-18)13(19)20/h5-6,9H,2-4,7H2,1H3,(H,17,21)(H,19,20)/t9-/m0/s1. The number of carbonyl (C=O) groups excluding carboxylic acids is 1. The van der Waals surface area contributed by atoms with E-state index in [1.165, 1.54) is 11.8 Å². The van der Waals surface area contributed by atoms with Crippen LogP contribution in [0.5, 0.6) is 0 Å². The molecular weight excluding hydrogens is 282 g/mol. The van der Waals surface area contributed by atoms with Gasteiger partial charge in [-0.25, -0.2) is 13.6 Å². The lowest BCUT2D eigenvalue weighted by Gasteiger charge is -2.30. The zero-order valence-corrected chi connectivity index (χ0v) is 11.5. The Morgan fingerprint density at radius 2 is 2.05 bits per heavy atom. The second kappa shape index (κ2) is 6.07. The topological polar surface area (TPSA) is 69.6 Å².